The molecule has 0 radical (unpaired) electrons. The molecule has 0 fully saturated rings. The molecule has 2 aromatic rings. The van der Waals surface area contributed by atoms with Crippen molar-refractivity contribution in [3.8, 4) is 11.5 Å². The SMILES string of the molecule is Cc1c(O)c2c(c3ccc(OS(N)(=O)=O)cc13)CCCCCCC2. The van der Waals surface area contributed by atoms with Crippen molar-refractivity contribution in [3.63, 3.8) is 0 Å². The number of phenols is 1. The van der Waals surface area contributed by atoms with Crippen LogP contribution in [-0.2, 0) is 23.1 Å². The summed E-state index contributed by atoms with van der Waals surface area (Å²) in [6.45, 7) is 1.85. The molecule has 0 aliphatic heterocycles. The van der Waals surface area contributed by atoms with E-state index in [4.69, 9.17) is 9.32 Å². The minimum Gasteiger partial charge on any atom is -0.507 e. The average Bonchev–Trinajstić information content (AvgIpc) is 2.63. The van der Waals surface area contributed by atoms with E-state index in [1.54, 1.807) is 12.1 Å². The van der Waals surface area contributed by atoms with E-state index in [-0.39, 0.29) is 5.75 Å². The standard InChI is InChI=1S/C18H23NO4S/c1-12-17-11-13(23-24(19,21)22)9-10-15(17)14-7-5-3-2-4-6-8-16(14)18(12)20/h9-11,20H,2-8H2,1H3,(H2,19,21,22). The van der Waals surface area contributed by atoms with Crippen LogP contribution in [0, 0.1) is 6.92 Å². The molecule has 0 spiro atoms. The lowest BCUT2D eigenvalue weighted by molar-refractivity contribution is 0.462. The summed E-state index contributed by atoms with van der Waals surface area (Å²) < 4.78 is 27.1. The van der Waals surface area contributed by atoms with Crippen molar-refractivity contribution >= 4 is 21.1 Å². The van der Waals surface area contributed by atoms with Gasteiger partial charge in [-0.05, 0) is 72.2 Å². The fourth-order valence-electron chi connectivity index (χ4n) is 3.63. The van der Waals surface area contributed by atoms with Crippen molar-refractivity contribution in [3.05, 3.63) is 34.9 Å². The molecule has 0 saturated carbocycles. The minimum absolute atomic E-state index is 0.163. The van der Waals surface area contributed by atoms with Crippen LogP contribution in [0.2, 0.25) is 0 Å². The number of rotatable bonds is 2. The number of phenolic OH excluding ortho intramolecular Hbond substituents is 1. The monoisotopic (exact) mass is 349 g/mol. The van der Waals surface area contributed by atoms with Gasteiger partial charge >= 0.3 is 10.3 Å². The molecule has 0 saturated heterocycles. The topological polar surface area (TPSA) is 89.6 Å². The van der Waals surface area contributed by atoms with Crippen LogP contribution in [0.4, 0.5) is 0 Å². The summed E-state index contributed by atoms with van der Waals surface area (Å²) >= 11 is 0. The molecule has 5 nitrogen and oxygen atoms in total. The summed E-state index contributed by atoms with van der Waals surface area (Å²) in [4.78, 5) is 0. The Morgan fingerprint density at radius 3 is 2.29 bits per heavy atom. The second-order valence-corrected chi connectivity index (χ2v) is 7.63. The molecule has 0 heterocycles. The van der Waals surface area contributed by atoms with E-state index in [1.165, 1.54) is 24.8 Å². The third-order valence-corrected chi connectivity index (χ3v) is 5.22. The first kappa shape index (κ1) is 17.0. The summed E-state index contributed by atoms with van der Waals surface area (Å²) in [5.41, 5.74) is 2.97. The third kappa shape index (κ3) is 3.49. The lowest BCUT2D eigenvalue weighted by Crippen LogP contribution is -2.18. The van der Waals surface area contributed by atoms with Crippen LogP contribution in [-0.4, -0.2) is 13.5 Å². The van der Waals surface area contributed by atoms with Crippen LogP contribution < -0.4 is 9.32 Å². The first-order chi connectivity index (χ1) is 11.4. The van der Waals surface area contributed by atoms with Crippen molar-refractivity contribution in [1.82, 2.24) is 0 Å². The average molecular weight is 349 g/mol. The van der Waals surface area contributed by atoms with Gasteiger partial charge in [0.25, 0.3) is 0 Å². The van der Waals surface area contributed by atoms with Gasteiger partial charge in [-0.1, -0.05) is 25.3 Å². The number of aryl methyl sites for hydroxylation is 2. The van der Waals surface area contributed by atoms with E-state index in [0.717, 1.165) is 47.6 Å². The lowest BCUT2D eigenvalue weighted by Gasteiger charge is -2.18. The maximum atomic E-state index is 11.1. The highest BCUT2D eigenvalue weighted by Gasteiger charge is 2.18. The Balaban J connectivity index is 2.18. The van der Waals surface area contributed by atoms with E-state index in [1.807, 2.05) is 13.0 Å². The predicted molar refractivity (Wildman–Crippen MR) is 94.6 cm³/mol. The van der Waals surface area contributed by atoms with Gasteiger partial charge in [-0.3, -0.25) is 0 Å². The maximum Gasteiger partial charge on any atom is 0.380 e. The van der Waals surface area contributed by atoms with Crippen LogP contribution in [0.1, 0.15) is 48.8 Å². The van der Waals surface area contributed by atoms with Gasteiger partial charge in [-0.15, -0.1) is 0 Å². The van der Waals surface area contributed by atoms with E-state index < -0.39 is 10.3 Å². The molecule has 0 amide bonds. The van der Waals surface area contributed by atoms with Gasteiger partial charge in [-0.25, -0.2) is 0 Å². The third-order valence-electron chi connectivity index (χ3n) is 4.79. The zero-order valence-corrected chi connectivity index (χ0v) is 14.7. The summed E-state index contributed by atoms with van der Waals surface area (Å²) in [6.07, 6.45) is 7.61. The molecule has 1 aliphatic carbocycles. The largest absolute Gasteiger partial charge is 0.507 e. The fraction of sp³-hybridized carbons (Fsp3) is 0.444. The summed E-state index contributed by atoms with van der Waals surface area (Å²) in [6, 6.07) is 5.14. The molecule has 6 heteroatoms. The molecule has 1 aliphatic rings. The molecular formula is C18H23NO4S. The molecule has 0 aromatic heterocycles. The second-order valence-electron chi connectivity index (χ2n) is 6.48. The van der Waals surface area contributed by atoms with Gasteiger partial charge in [-0.2, -0.15) is 13.6 Å². The van der Waals surface area contributed by atoms with Gasteiger partial charge < -0.3 is 9.29 Å². The van der Waals surface area contributed by atoms with Crippen molar-refractivity contribution in [2.24, 2.45) is 5.14 Å². The minimum atomic E-state index is -4.06. The van der Waals surface area contributed by atoms with Crippen molar-refractivity contribution < 1.29 is 17.7 Å². The first-order valence-corrected chi connectivity index (χ1v) is 9.83. The molecule has 24 heavy (non-hydrogen) atoms. The molecule has 0 bridgehead atoms. The summed E-state index contributed by atoms with van der Waals surface area (Å²) in [7, 11) is -4.06. The zero-order valence-electron chi connectivity index (χ0n) is 13.8. The molecular weight excluding hydrogens is 326 g/mol. The number of fused-ring (bicyclic) bond motifs is 3. The molecule has 3 rings (SSSR count). The van der Waals surface area contributed by atoms with Gasteiger partial charge in [0, 0.05) is 0 Å². The van der Waals surface area contributed by atoms with Crippen LogP contribution in [0.3, 0.4) is 0 Å². The van der Waals surface area contributed by atoms with Crippen LogP contribution in [0.5, 0.6) is 11.5 Å². The Morgan fingerprint density at radius 1 is 1.00 bits per heavy atom. The summed E-state index contributed by atoms with van der Waals surface area (Å²) in [5, 5.41) is 17.5. The number of benzene rings is 2. The molecule has 0 unspecified atom stereocenters. The van der Waals surface area contributed by atoms with Gasteiger partial charge in [0.05, 0.1) is 0 Å². The molecule has 130 valence electrons. The Labute approximate surface area is 142 Å². The van der Waals surface area contributed by atoms with E-state index in [9.17, 15) is 13.5 Å². The number of hydrogen-bond acceptors (Lipinski definition) is 4. The van der Waals surface area contributed by atoms with E-state index >= 15 is 0 Å². The normalized spacial score (nSPS) is 16.1. The fourth-order valence-corrected chi connectivity index (χ4v) is 4.00. The summed E-state index contributed by atoms with van der Waals surface area (Å²) in [5.74, 6) is 0.489. The predicted octanol–water partition coefficient (Wildman–Crippen LogP) is 3.49. The van der Waals surface area contributed by atoms with Gasteiger partial charge in [0.15, 0.2) is 0 Å². The number of hydrogen-bond donors (Lipinski definition) is 2. The molecule has 2 aromatic carbocycles. The molecule has 0 atom stereocenters. The first-order valence-electron chi connectivity index (χ1n) is 8.36. The van der Waals surface area contributed by atoms with E-state index in [2.05, 4.69) is 0 Å². The Bertz CT molecular complexity index is 874. The van der Waals surface area contributed by atoms with Crippen molar-refractivity contribution in [2.75, 3.05) is 0 Å². The quantitative estimate of drug-likeness (QED) is 0.868. The Hall–Kier alpha value is -1.79. The van der Waals surface area contributed by atoms with Crippen LogP contribution >= 0.6 is 0 Å². The Kier molecular flexibility index (Phi) is 4.69. The number of nitrogens with two attached hydrogens (primary N) is 1. The zero-order chi connectivity index (χ0) is 17.3. The Morgan fingerprint density at radius 2 is 1.62 bits per heavy atom. The van der Waals surface area contributed by atoms with Crippen molar-refractivity contribution in [2.45, 2.75) is 51.9 Å². The maximum absolute atomic E-state index is 11.1. The van der Waals surface area contributed by atoms with Gasteiger partial charge in [0.2, 0.25) is 0 Å². The van der Waals surface area contributed by atoms with Crippen LogP contribution in [0.25, 0.3) is 10.8 Å². The number of aromatic hydroxyl groups is 1. The highest BCUT2D eigenvalue weighted by molar-refractivity contribution is 7.84. The lowest BCUT2D eigenvalue weighted by atomic mass is 9.89. The van der Waals surface area contributed by atoms with E-state index in [0.29, 0.717) is 5.75 Å². The highest BCUT2D eigenvalue weighted by atomic mass is 32.2. The second kappa shape index (κ2) is 6.61. The van der Waals surface area contributed by atoms with Crippen molar-refractivity contribution in [1.29, 1.82) is 0 Å². The molecule has 3 N–H and O–H groups in total. The smallest absolute Gasteiger partial charge is 0.380 e. The van der Waals surface area contributed by atoms with Crippen LogP contribution in [0.15, 0.2) is 18.2 Å². The highest BCUT2D eigenvalue weighted by Crippen LogP contribution is 2.39. The van der Waals surface area contributed by atoms with Gasteiger partial charge in [0.1, 0.15) is 11.5 Å².